The third kappa shape index (κ3) is 3.43. The molecule has 0 spiro atoms. The maximum atomic E-state index is 4.48. The Balaban J connectivity index is 2.07. The predicted octanol–water partition coefficient (Wildman–Crippen LogP) is 3.95. The van der Waals surface area contributed by atoms with Crippen molar-refractivity contribution in [2.24, 2.45) is 0 Å². The molecule has 2 aromatic rings. The molecule has 1 N–H and O–H groups in total. The molecule has 0 aliphatic carbocycles. The third-order valence-corrected chi connectivity index (χ3v) is 5.23. The number of aromatic nitrogens is 2. The molecule has 2 heterocycles. The van der Waals surface area contributed by atoms with Crippen molar-refractivity contribution in [1.82, 2.24) is 9.97 Å². The Hall–Kier alpha value is -0.590. The topological polar surface area (TPSA) is 37.8 Å². The fraction of sp³-hybridized carbons (Fsp3) is 0.455. The van der Waals surface area contributed by atoms with Crippen LogP contribution in [0.3, 0.4) is 0 Å². The largest absolute Gasteiger partial charge is 0.365 e. The Labute approximate surface area is 114 Å². The lowest BCUT2D eigenvalue weighted by atomic mass is 10.4. The predicted molar refractivity (Wildman–Crippen MR) is 79.2 cm³/mol. The van der Waals surface area contributed by atoms with Gasteiger partial charge in [-0.1, -0.05) is 13.8 Å². The summed E-state index contributed by atoms with van der Waals surface area (Å²) in [4.78, 5) is 10.1. The zero-order chi connectivity index (χ0) is 12.3. The summed E-state index contributed by atoms with van der Waals surface area (Å²) in [5.74, 6) is 0.991. The molecular weight excluding hydrogens is 270 g/mol. The number of nitrogens with one attached hydrogen (secondary N) is 1. The van der Waals surface area contributed by atoms with Gasteiger partial charge in [0.05, 0.1) is 10.6 Å². The molecule has 2 aromatic heterocycles. The van der Waals surface area contributed by atoms with E-state index >= 15 is 0 Å². The zero-order valence-corrected chi connectivity index (χ0v) is 12.5. The van der Waals surface area contributed by atoms with E-state index < -0.39 is 0 Å². The Bertz CT molecular complexity index is 476. The summed E-state index contributed by atoms with van der Waals surface area (Å²) in [6, 6.07) is 0. The Morgan fingerprint density at radius 2 is 2.29 bits per heavy atom. The van der Waals surface area contributed by atoms with Gasteiger partial charge >= 0.3 is 0 Å². The molecule has 0 aliphatic heterocycles. The minimum Gasteiger partial charge on any atom is -0.365 e. The summed E-state index contributed by atoms with van der Waals surface area (Å²) in [7, 11) is 1.89. The first-order chi connectivity index (χ1) is 8.19. The second kappa shape index (κ2) is 5.84. The molecular formula is C11H15N3S3. The molecule has 17 heavy (non-hydrogen) atoms. The van der Waals surface area contributed by atoms with E-state index in [4.69, 9.17) is 0 Å². The van der Waals surface area contributed by atoms with Crippen LogP contribution in [0.25, 0.3) is 10.6 Å². The highest BCUT2D eigenvalue weighted by Crippen LogP contribution is 2.30. The molecule has 92 valence electrons. The lowest BCUT2D eigenvalue weighted by molar-refractivity contribution is 1.10. The van der Waals surface area contributed by atoms with E-state index in [1.54, 1.807) is 22.7 Å². The summed E-state index contributed by atoms with van der Waals surface area (Å²) in [5.41, 5.74) is 1.03. The number of thiazole rings is 2. The first-order valence-corrected chi connectivity index (χ1v) is 8.13. The summed E-state index contributed by atoms with van der Waals surface area (Å²) in [5, 5.41) is 7.90. The lowest BCUT2D eigenvalue weighted by Gasteiger charge is -2.00. The molecule has 0 saturated carbocycles. The van der Waals surface area contributed by atoms with Gasteiger partial charge in [0.2, 0.25) is 0 Å². The van der Waals surface area contributed by atoms with Crippen molar-refractivity contribution in [2.75, 3.05) is 12.4 Å². The molecule has 3 nitrogen and oxygen atoms in total. The molecule has 0 fully saturated rings. The maximum Gasteiger partial charge on any atom is 0.182 e. The Morgan fingerprint density at radius 3 is 2.94 bits per heavy atom. The van der Waals surface area contributed by atoms with E-state index in [1.807, 2.05) is 25.0 Å². The van der Waals surface area contributed by atoms with Crippen LogP contribution in [0, 0.1) is 0 Å². The van der Waals surface area contributed by atoms with Crippen LogP contribution in [0.4, 0.5) is 5.13 Å². The van der Waals surface area contributed by atoms with Gasteiger partial charge in [-0.2, -0.15) is 11.8 Å². The van der Waals surface area contributed by atoms with E-state index in [1.165, 1.54) is 5.01 Å². The van der Waals surface area contributed by atoms with Gasteiger partial charge in [0.1, 0.15) is 5.01 Å². The molecule has 0 aromatic carbocycles. The van der Waals surface area contributed by atoms with E-state index in [2.05, 4.69) is 34.5 Å². The van der Waals surface area contributed by atoms with Gasteiger partial charge in [0, 0.05) is 24.4 Å². The quantitative estimate of drug-likeness (QED) is 0.902. The van der Waals surface area contributed by atoms with Crippen molar-refractivity contribution >= 4 is 39.6 Å². The van der Waals surface area contributed by atoms with Crippen molar-refractivity contribution in [3.05, 3.63) is 16.6 Å². The van der Waals surface area contributed by atoms with Gasteiger partial charge in [-0.05, 0) is 5.25 Å². The van der Waals surface area contributed by atoms with Gasteiger partial charge in [-0.25, -0.2) is 9.97 Å². The van der Waals surface area contributed by atoms with E-state index in [9.17, 15) is 0 Å². The van der Waals surface area contributed by atoms with Crippen molar-refractivity contribution in [1.29, 1.82) is 0 Å². The average Bonchev–Trinajstić information content (AvgIpc) is 2.94. The van der Waals surface area contributed by atoms with Gasteiger partial charge < -0.3 is 5.32 Å². The molecule has 0 bridgehead atoms. The van der Waals surface area contributed by atoms with Crippen LogP contribution in [-0.2, 0) is 5.75 Å². The van der Waals surface area contributed by atoms with Crippen LogP contribution in [0.2, 0.25) is 0 Å². The van der Waals surface area contributed by atoms with Crippen LogP contribution >= 0.6 is 34.4 Å². The van der Waals surface area contributed by atoms with Crippen LogP contribution in [0.15, 0.2) is 11.6 Å². The highest BCUT2D eigenvalue weighted by molar-refractivity contribution is 7.99. The normalized spacial score (nSPS) is 11.1. The molecule has 0 unspecified atom stereocenters. The van der Waals surface area contributed by atoms with E-state index in [0.717, 1.165) is 21.5 Å². The third-order valence-electron chi connectivity index (χ3n) is 2.06. The first-order valence-electron chi connectivity index (χ1n) is 5.39. The minimum absolute atomic E-state index is 0.650. The number of hydrogen-bond acceptors (Lipinski definition) is 6. The highest BCUT2D eigenvalue weighted by atomic mass is 32.2. The smallest absolute Gasteiger partial charge is 0.182 e. The maximum absolute atomic E-state index is 4.48. The second-order valence-electron chi connectivity index (χ2n) is 3.77. The Kier molecular flexibility index (Phi) is 4.42. The van der Waals surface area contributed by atoms with Gasteiger partial charge in [0.25, 0.3) is 0 Å². The van der Waals surface area contributed by atoms with E-state index in [-0.39, 0.29) is 0 Å². The van der Waals surface area contributed by atoms with Crippen LogP contribution in [0.5, 0.6) is 0 Å². The summed E-state index contributed by atoms with van der Waals surface area (Å²) in [6.45, 7) is 4.41. The standard InChI is InChI=1S/C11H15N3S3/c1-7(2)15-6-10-13-4-9(17-10)8-5-16-11(12-3)14-8/h4-5,7H,6H2,1-3H3,(H,12,14). The van der Waals surface area contributed by atoms with Crippen LogP contribution in [0.1, 0.15) is 18.9 Å². The zero-order valence-electron chi connectivity index (χ0n) is 10.1. The van der Waals surface area contributed by atoms with Gasteiger partial charge in [0.15, 0.2) is 5.13 Å². The Morgan fingerprint density at radius 1 is 1.47 bits per heavy atom. The SMILES string of the molecule is CNc1nc(-c2cnc(CSC(C)C)s2)cs1. The fourth-order valence-electron chi connectivity index (χ4n) is 1.24. The first kappa shape index (κ1) is 12.9. The molecule has 0 amide bonds. The van der Waals surface area contributed by atoms with Crippen LogP contribution < -0.4 is 5.32 Å². The number of rotatable bonds is 5. The summed E-state index contributed by atoms with van der Waals surface area (Å²) in [6.07, 6.45) is 1.93. The molecule has 2 rings (SSSR count). The molecule has 0 radical (unpaired) electrons. The number of thioether (sulfide) groups is 1. The summed E-state index contributed by atoms with van der Waals surface area (Å²) < 4.78 is 0. The van der Waals surface area contributed by atoms with Gasteiger partial charge in [-0.15, -0.1) is 22.7 Å². The minimum atomic E-state index is 0.650. The van der Waals surface area contributed by atoms with Gasteiger partial charge in [-0.3, -0.25) is 0 Å². The number of nitrogens with zero attached hydrogens (tertiary/aromatic N) is 2. The number of hydrogen-bond donors (Lipinski definition) is 1. The second-order valence-corrected chi connectivity index (χ2v) is 7.30. The molecule has 6 heteroatoms. The summed E-state index contributed by atoms with van der Waals surface area (Å²) >= 11 is 5.28. The van der Waals surface area contributed by atoms with E-state index in [0.29, 0.717) is 5.25 Å². The number of anilines is 1. The van der Waals surface area contributed by atoms with Crippen molar-refractivity contribution < 1.29 is 0 Å². The van der Waals surface area contributed by atoms with Crippen molar-refractivity contribution in [2.45, 2.75) is 24.9 Å². The highest BCUT2D eigenvalue weighted by Gasteiger charge is 2.08. The molecule has 0 saturated heterocycles. The lowest BCUT2D eigenvalue weighted by Crippen LogP contribution is -1.87. The molecule has 0 aliphatic rings. The fourth-order valence-corrected chi connectivity index (χ4v) is 3.65. The monoisotopic (exact) mass is 285 g/mol. The van der Waals surface area contributed by atoms with Crippen LogP contribution in [-0.4, -0.2) is 22.3 Å². The molecule has 0 atom stereocenters. The van der Waals surface area contributed by atoms with Crippen molar-refractivity contribution in [3.63, 3.8) is 0 Å². The van der Waals surface area contributed by atoms with Crippen molar-refractivity contribution in [3.8, 4) is 10.6 Å². The average molecular weight is 285 g/mol.